The molecule has 1 unspecified atom stereocenters. The Morgan fingerprint density at radius 2 is 1.95 bits per heavy atom. The number of aliphatic hydroxyl groups excluding tert-OH is 1. The molecule has 0 bridgehead atoms. The van der Waals surface area contributed by atoms with Gasteiger partial charge in [-0.2, -0.15) is 0 Å². The normalized spacial score (nSPS) is 15.5. The Morgan fingerprint density at radius 3 is 2.57 bits per heavy atom. The highest BCUT2D eigenvalue weighted by atomic mass is 16.5. The van der Waals surface area contributed by atoms with Crippen LogP contribution in [-0.2, 0) is 0 Å². The average Bonchev–Trinajstić information content (AvgIpc) is 3.38. The van der Waals surface area contributed by atoms with E-state index < -0.39 is 0 Å². The number of hydrogen-bond donors (Lipinski definition) is 2. The first-order valence-corrected chi connectivity index (χ1v) is 7.41. The standard InChI is InChI=1S/C18H21NO2/c1-21-17-4-2-3-16(11-17)19-18(12-20)15-9-7-14(8-10-15)13-5-6-13/h2-4,7-11,13,18-20H,5-6,12H2,1H3. The monoisotopic (exact) mass is 283 g/mol. The van der Waals surface area contributed by atoms with Gasteiger partial charge in [0, 0.05) is 11.8 Å². The number of nitrogens with one attached hydrogen (secondary N) is 1. The summed E-state index contributed by atoms with van der Waals surface area (Å²) in [6, 6.07) is 16.2. The first kappa shape index (κ1) is 14.0. The number of rotatable bonds is 6. The largest absolute Gasteiger partial charge is 0.497 e. The third-order valence-electron chi connectivity index (χ3n) is 3.98. The van der Waals surface area contributed by atoms with E-state index in [1.165, 1.54) is 18.4 Å². The van der Waals surface area contributed by atoms with Crippen molar-refractivity contribution in [1.29, 1.82) is 0 Å². The van der Waals surface area contributed by atoms with Crippen molar-refractivity contribution in [1.82, 2.24) is 0 Å². The van der Waals surface area contributed by atoms with Crippen molar-refractivity contribution in [3.8, 4) is 5.75 Å². The minimum atomic E-state index is -0.106. The van der Waals surface area contributed by atoms with Crippen LogP contribution in [0, 0.1) is 0 Å². The number of methoxy groups -OCH3 is 1. The summed E-state index contributed by atoms with van der Waals surface area (Å²) in [6.07, 6.45) is 2.62. The molecule has 1 saturated carbocycles. The topological polar surface area (TPSA) is 41.5 Å². The van der Waals surface area contributed by atoms with Gasteiger partial charge in [-0.15, -0.1) is 0 Å². The van der Waals surface area contributed by atoms with E-state index in [2.05, 4.69) is 29.6 Å². The molecule has 0 saturated heterocycles. The van der Waals surface area contributed by atoms with Crippen molar-refractivity contribution in [2.24, 2.45) is 0 Å². The predicted octanol–water partition coefficient (Wildman–Crippen LogP) is 3.72. The first-order valence-electron chi connectivity index (χ1n) is 7.41. The van der Waals surface area contributed by atoms with E-state index in [4.69, 9.17) is 4.74 Å². The molecule has 3 heteroatoms. The number of ether oxygens (including phenoxy) is 1. The number of benzene rings is 2. The minimum absolute atomic E-state index is 0.0555. The Kier molecular flexibility index (Phi) is 4.11. The van der Waals surface area contributed by atoms with Gasteiger partial charge >= 0.3 is 0 Å². The van der Waals surface area contributed by atoms with Crippen molar-refractivity contribution < 1.29 is 9.84 Å². The van der Waals surface area contributed by atoms with Crippen LogP contribution in [0.4, 0.5) is 5.69 Å². The van der Waals surface area contributed by atoms with Crippen LogP contribution in [0.1, 0.15) is 35.9 Å². The molecule has 0 amide bonds. The molecule has 2 aromatic carbocycles. The lowest BCUT2D eigenvalue weighted by molar-refractivity contribution is 0.276. The van der Waals surface area contributed by atoms with Crippen LogP contribution in [0.15, 0.2) is 48.5 Å². The molecule has 2 aromatic rings. The lowest BCUT2D eigenvalue weighted by Crippen LogP contribution is -2.14. The van der Waals surface area contributed by atoms with Crippen LogP contribution < -0.4 is 10.1 Å². The molecule has 2 N–H and O–H groups in total. The molecule has 0 aromatic heterocycles. The fourth-order valence-electron chi connectivity index (χ4n) is 2.57. The van der Waals surface area contributed by atoms with Crippen molar-refractivity contribution in [2.45, 2.75) is 24.8 Å². The van der Waals surface area contributed by atoms with Gasteiger partial charge in [-0.3, -0.25) is 0 Å². The zero-order chi connectivity index (χ0) is 14.7. The number of aliphatic hydroxyl groups is 1. The first-order chi connectivity index (χ1) is 10.3. The molecule has 110 valence electrons. The van der Waals surface area contributed by atoms with Crippen molar-refractivity contribution >= 4 is 5.69 Å². The summed E-state index contributed by atoms with van der Waals surface area (Å²) >= 11 is 0. The summed E-state index contributed by atoms with van der Waals surface area (Å²) in [6.45, 7) is 0.0555. The van der Waals surface area contributed by atoms with Crippen molar-refractivity contribution in [3.05, 3.63) is 59.7 Å². The maximum atomic E-state index is 9.66. The lowest BCUT2D eigenvalue weighted by atomic mass is 10.0. The molecule has 1 aliphatic carbocycles. The molecule has 0 radical (unpaired) electrons. The summed E-state index contributed by atoms with van der Waals surface area (Å²) in [5, 5.41) is 13.0. The van der Waals surface area contributed by atoms with Crippen LogP contribution in [0.25, 0.3) is 0 Å². The minimum Gasteiger partial charge on any atom is -0.497 e. The highest BCUT2D eigenvalue weighted by Crippen LogP contribution is 2.40. The fourth-order valence-corrected chi connectivity index (χ4v) is 2.57. The molecule has 0 aliphatic heterocycles. The third kappa shape index (κ3) is 3.37. The molecule has 1 atom stereocenters. The maximum absolute atomic E-state index is 9.66. The molecule has 1 aliphatic rings. The zero-order valence-electron chi connectivity index (χ0n) is 12.3. The molecule has 21 heavy (non-hydrogen) atoms. The molecule has 0 heterocycles. The van der Waals surface area contributed by atoms with Gasteiger partial charge < -0.3 is 15.2 Å². The summed E-state index contributed by atoms with van der Waals surface area (Å²) in [7, 11) is 1.65. The molecule has 3 nitrogen and oxygen atoms in total. The van der Waals surface area contributed by atoms with Gasteiger partial charge in [0.05, 0.1) is 19.8 Å². The van der Waals surface area contributed by atoms with Crippen LogP contribution in [-0.4, -0.2) is 18.8 Å². The summed E-state index contributed by atoms with van der Waals surface area (Å²) < 4.78 is 5.22. The fraction of sp³-hybridized carbons (Fsp3) is 0.333. The zero-order valence-corrected chi connectivity index (χ0v) is 12.3. The molecule has 3 rings (SSSR count). The summed E-state index contributed by atoms with van der Waals surface area (Å²) in [4.78, 5) is 0. The van der Waals surface area contributed by atoms with Gasteiger partial charge in [-0.25, -0.2) is 0 Å². The van der Waals surface area contributed by atoms with E-state index in [0.717, 1.165) is 22.9 Å². The third-order valence-corrected chi connectivity index (χ3v) is 3.98. The Morgan fingerprint density at radius 1 is 1.19 bits per heavy atom. The quantitative estimate of drug-likeness (QED) is 0.849. The second kappa shape index (κ2) is 6.19. The van der Waals surface area contributed by atoms with E-state index >= 15 is 0 Å². The Hall–Kier alpha value is -2.00. The van der Waals surface area contributed by atoms with Gasteiger partial charge in [-0.1, -0.05) is 30.3 Å². The van der Waals surface area contributed by atoms with Crippen molar-refractivity contribution in [2.75, 3.05) is 19.0 Å². The second-order valence-electron chi connectivity index (χ2n) is 5.55. The summed E-state index contributed by atoms with van der Waals surface area (Å²) in [5.41, 5.74) is 3.46. The second-order valence-corrected chi connectivity index (χ2v) is 5.55. The van der Waals surface area contributed by atoms with Crippen LogP contribution in [0.3, 0.4) is 0 Å². The van der Waals surface area contributed by atoms with Gasteiger partial charge in [0.1, 0.15) is 5.75 Å². The highest BCUT2D eigenvalue weighted by molar-refractivity contribution is 5.50. The van der Waals surface area contributed by atoms with Crippen molar-refractivity contribution in [3.63, 3.8) is 0 Å². The molecular formula is C18H21NO2. The maximum Gasteiger partial charge on any atom is 0.120 e. The van der Waals surface area contributed by atoms with Gasteiger partial charge in [-0.05, 0) is 42.0 Å². The van der Waals surface area contributed by atoms with Gasteiger partial charge in [0.25, 0.3) is 0 Å². The molecule has 0 spiro atoms. The van der Waals surface area contributed by atoms with Crippen LogP contribution in [0.2, 0.25) is 0 Å². The predicted molar refractivity (Wildman–Crippen MR) is 84.9 cm³/mol. The van der Waals surface area contributed by atoms with E-state index in [9.17, 15) is 5.11 Å². The Bertz CT molecular complexity index is 590. The van der Waals surface area contributed by atoms with Crippen LogP contribution >= 0.6 is 0 Å². The average molecular weight is 283 g/mol. The van der Waals surface area contributed by atoms with E-state index in [0.29, 0.717) is 0 Å². The highest BCUT2D eigenvalue weighted by Gasteiger charge is 2.23. The molecular weight excluding hydrogens is 262 g/mol. The smallest absolute Gasteiger partial charge is 0.120 e. The van der Waals surface area contributed by atoms with Gasteiger partial charge in [0.2, 0.25) is 0 Å². The Labute approximate surface area is 125 Å². The SMILES string of the molecule is COc1cccc(NC(CO)c2ccc(C3CC3)cc2)c1. The van der Waals surface area contributed by atoms with Gasteiger partial charge in [0.15, 0.2) is 0 Å². The van der Waals surface area contributed by atoms with E-state index in [1.807, 2.05) is 24.3 Å². The summed E-state index contributed by atoms with van der Waals surface area (Å²) in [5.74, 6) is 1.57. The van der Waals surface area contributed by atoms with Crippen LogP contribution in [0.5, 0.6) is 5.75 Å². The Balaban J connectivity index is 1.74. The lowest BCUT2D eigenvalue weighted by Gasteiger charge is -2.19. The van der Waals surface area contributed by atoms with E-state index in [-0.39, 0.29) is 12.6 Å². The molecule has 1 fully saturated rings. The van der Waals surface area contributed by atoms with E-state index in [1.54, 1.807) is 7.11 Å². The number of anilines is 1. The number of hydrogen-bond acceptors (Lipinski definition) is 3.